The minimum Gasteiger partial charge on any atom is -0.453 e. The van der Waals surface area contributed by atoms with Crippen LogP contribution in [-0.2, 0) is 0 Å². The molecule has 0 spiro atoms. The average Bonchev–Trinajstić information content (AvgIpc) is 3.06. The summed E-state index contributed by atoms with van der Waals surface area (Å²) in [7, 11) is 0. The van der Waals surface area contributed by atoms with Crippen LogP contribution in [0.5, 0.6) is 11.5 Å². The fourth-order valence-electron chi connectivity index (χ4n) is 7.29. The molecule has 0 unspecified atom stereocenters. The molecule has 0 fully saturated rings. The highest BCUT2D eigenvalue weighted by molar-refractivity contribution is 7.99. The van der Waals surface area contributed by atoms with Crippen LogP contribution in [0.15, 0.2) is 131 Å². The van der Waals surface area contributed by atoms with E-state index in [4.69, 9.17) is 4.74 Å². The van der Waals surface area contributed by atoms with Crippen molar-refractivity contribution < 1.29 is 4.74 Å². The predicted molar refractivity (Wildman–Crippen MR) is 175 cm³/mol. The first kappa shape index (κ1) is 23.2. The molecule has 0 saturated heterocycles. The van der Waals surface area contributed by atoms with Gasteiger partial charge in [0.1, 0.15) is 0 Å². The van der Waals surface area contributed by atoms with Crippen LogP contribution in [0.4, 0.5) is 34.1 Å². The number of para-hydroxylation sites is 5. The molecule has 0 N–H and O–H groups in total. The van der Waals surface area contributed by atoms with E-state index in [0.29, 0.717) is 5.56 Å². The second-order valence-corrected chi connectivity index (χ2v) is 12.3. The molecule has 4 nitrogen and oxygen atoms in total. The Balaban J connectivity index is 1.35. The zero-order valence-electron chi connectivity index (χ0n) is 22.8. The van der Waals surface area contributed by atoms with E-state index < -0.39 is 0 Å². The summed E-state index contributed by atoms with van der Waals surface area (Å²) in [6.07, 6.45) is 0. The van der Waals surface area contributed by atoms with Crippen LogP contribution in [0.3, 0.4) is 0 Å². The molecule has 10 rings (SSSR count). The zero-order chi connectivity index (χ0) is 28.2. The minimum atomic E-state index is 0.0529. The Labute approximate surface area is 253 Å². The lowest BCUT2D eigenvalue weighted by Gasteiger charge is -2.47. The van der Waals surface area contributed by atoms with E-state index in [0.717, 1.165) is 39.7 Å². The molecule has 0 saturated carbocycles. The summed E-state index contributed by atoms with van der Waals surface area (Å²) in [5.74, 6) is 1.72. The number of benzene rings is 6. The van der Waals surface area contributed by atoms with Crippen molar-refractivity contribution in [3.05, 3.63) is 127 Å². The smallest absolute Gasteiger partial charge is 0.252 e. The van der Waals surface area contributed by atoms with Gasteiger partial charge >= 0.3 is 0 Å². The van der Waals surface area contributed by atoms with Crippen molar-refractivity contribution in [1.29, 1.82) is 5.26 Å². The van der Waals surface area contributed by atoms with E-state index in [-0.39, 0.29) is 6.71 Å². The van der Waals surface area contributed by atoms with Gasteiger partial charge < -0.3 is 14.5 Å². The van der Waals surface area contributed by atoms with Crippen LogP contribution < -0.4 is 30.9 Å². The normalized spacial score (nSPS) is 14.0. The van der Waals surface area contributed by atoms with E-state index in [2.05, 4.69) is 113 Å². The molecule has 0 aliphatic carbocycles. The SMILES string of the molecule is N#Cc1ccc(-c2cc3c4c(c2)N2c5ccccc5Sc5cccc(c52)B4c2cccc4c2N3c2ccccc2O4)cc1. The first-order chi connectivity index (χ1) is 21.3. The Hall–Kier alpha value is -5.38. The van der Waals surface area contributed by atoms with Crippen molar-refractivity contribution in [3.63, 3.8) is 0 Å². The molecule has 6 heteroatoms. The topological polar surface area (TPSA) is 39.5 Å². The lowest BCUT2D eigenvalue weighted by Crippen LogP contribution is -2.62. The van der Waals surface area contributed by atoms with Crippen LogP contribution in [-0.4, -0.2) is 6.71 Å². The summed E-state index contributed by atoms with van der Waals surface area (Å²) in [6.45, 7) is 0.0529. The third kappa shape index (κ3) is 3.02. The maximum absolute atomic E-state index is 9.47. The molecule has 0 radical (unpaired) electrons. The highest BCUT2D eigenvalue weighted by Crippen LogP contribution is 2.56. The fourth-order valence-corrected chi connectivity index (χ4v) is 8.39. The summed E-state index contributed by atoms with van der Waals surface area (Å²) < 4.78 is 6.55. The second kappa shape index (κ2) is 8.35. The first-order valence-electron chi connectivity index (χ1n) is 14.4. The summed E-state index contributed by atoms with van der Waals surface area (Å²) in [5.41, 5.74) is 13.7. The molecular formula is C37H20BN3OS. The van der Waals surface area contributed by atoms with Gasteiger partial charge in [0.2, 0.25) is 0 Å². The quantitative estimate of drug-likeness (QED) is 0.190. The maximum atomic E-state index is 9.47. The molecule has 6 aromatic carbocycles. The molecule has 4 aliphatic rings. The highest BCUT2D eigenvalue weighted by atomic mass is 32.2. The van der Waals surface area contributed by atoms with Crippen molar-refractivity contribution in [2.24, 2.45) is 0 Å². The molecular weight excluding hydrogens is 545 g/mol. The monoisotopic (exact) mass is 565 g/mol. The minimum absolute atomic E-state index is 0.0529. The fraction of sp³-hybridized carbons (Fsp3) is 0. The molecule has 4 heterocycles. The van der Waals surface area contributed by atoms with Crippen molar-refractivity contribution >= 4 is 69.0 Å². The molecule has 0 amide bonds. The van der Waals surface area contributed by atoms with Crippen LogP contribution in [0.2, 0.25) is 0 Å². The van der Waals surface area contributed by atoms with E-state index in [9.17, 15) is 5.26 Å². The van der Waals surface area contributed by atoms with Gasteiger partial charge in [-0.15, -0.1) is 0 Å². The Morgan fingerprint density at radius 3 is 2.05 bits per heavy atom. The molecule has 198 valence electrons. The molecule has 4 aliphatic heterocycles. The maximum Gasteiger partial charge on any atom is 0.252 e. The number of hydrogen-bond acceptors (Lipinski definition) is 5. The summed E-state index contributed by atoms with van der Waals surface area (Å²) in [4.78, 5) is 7.41. The number of ether oxygens (including phenoxy) is 1. The Morgan fingerprint density at radius 1 is 0.581 bits per heavy atom. The van der Waals surface area contributed by atoms with Crippen molar-refractivity contribution in [1.82, 2.24) is 0 Å². The predicted octanol–water partition coefficient (Wildman–Crippen LogP) is 7.88. The number of rotatable bonds is 1. The van der Waals surface area contributed by atoms with E-state index in [1.165, 1.54) is 43.2 Å². The summed E-state index contributed by atoms with van der Waals surface area (Å²) in [6, 6.07) is 45.1. The van der Waals surface area contributed by atoms with Gasteiger partial charge in [-0.25, -0.2) is 0 Å². The lowest BCUT2D eigenvalue weighted by atomic mass is 9.33. The van der Waals surface area contributed by atoms with Crippen molar-refractivity contribution in [2.45, 2.75) is 9.79 Å². The standard InChI is InChI=1S/C37H20BN3OS/c39-21-22-15-17-23(18-16-22)24-19-29-35-30(20-24)41-28-10-2-4-13-33(28)43-34-14-6-8-26(37(34)41)38(35)25-7-5-12-32-36(25)40(29)27-9-1-3-11-31(27)42-32/h1-20H. The van der Waals surface area contributed by atoms with Gasteiger partial charge in [-0.05, 0) is 88.2 Å². The average molecular weight is 565 g/mol. The van der Waals surface area contributed by atoms with Crippen molar-refractivity contribution in [3.8, 4) is 28.7 Å². The first-order valence-corrected chi connectivity index (χ1v) is 15.2. The number of fused-ring (bicyclic) bond motifs is 8. The van der Waals surface area contributed by atoms with Gasteiger partial charge in [-0.1, -0.05) is 72.4 Å². The van der Waals surface area contributed by atoms with Gasteiger partial charge in [0.15, 0.2) is 11.5 Å². The second-order valence-electron chi connectivity index (χ2n) is 11.2. The van der Waals surface area contributed by atoms with E-state index in [1.807, 2.05) is 36.0 Å². The summed E-state index contributed by atoms with van der Waals surface area (Å²) >= 11 is 1.85. The molecule has 6 aromatic rings. The van der Waals surface area contributed by atoms with Gasteiger partial charge in [0, 0.05) is 21.2 Å². The number of anilines is 6. The largest absolute Gasteiger partial charge is 0.453 e. The lowest BCUT2D eigenvalue weighted by molar-refractivity contribution is 0.477. The van der Waals surface area contributed by atoms with E-state index in [1.54, 1.807) is 0 Å². The molecule has 0 atom stereocenters. The Bertz CT molecular complexity index is 2110. The Kier molecular flexibility index (Phi) is 4.51. The van der Waals surface area contributed by atoms with Gasteiger partial charge in [0.05, 0.1) is 34.4 Å². The van der Waals surface area contributed by atoms with Crippen LogP contribution in [0.1, 0.15) is 5.56 Å². The summed E-state index contributed by atoms with van der Waals surface area (Å²) in [5, 5.41) is 9.47. The molecule has 43 heavy (non-hydrogen) atoms. The van der Waals surface area contributed by atoms with Crippen LogP contribution in [0, 0.1) is 11.3 Å². The van der Waals surface area contributed by atoms with Gasteiger partial charge in [-0.2, -0.15) is 5.26 Å². The van der Waals surface area contributed by atoms with Crippen LogP contribution >= 0.6 is 11.8 Å². The van der Waals surface area contributed by atoms with Gasteiger partial charge in [0.25, 0.3) is 6.71 Å². The molecule has 0 bridgehead atoms. The number of nitriles is 1. The van der Waals surface area contributed by atoms with E-state index >= 15 is 0 Å². The highest BCUT2D eigenvalue weighted by Gasteiger charge is 2.47. The Morgan fingerprint density at radius 2 is 1.23 bits per heavy atom. The molecule has 0 aromatic heterocycles. The number of nitrogens with zero attached hydrogens (tertiary/aromatic N) is 3. The van der Waals surface area contributed by atoms with Crippen LogP contribution in [0.25, 0.3) is 11.1 Å². The van der Waals surface area contributed by atoms with Crippen molar-refractivity contribution in [2.75, 3.05) is 9.80 Å². The zero-order valence-corrected chi connectivity index (χ0v) is 23.6. The third-order valence-electron chi connectivity index (χ3n) is 9.04. The van der Waals surface area contributed by atoms with Gasteiger partial charge in [-0.3, -0.25) is 0 Å². The number of hydrogen-bond donors (Lipinski definition) is 0. The third-order valence-corrected chi connectivity index (χ3v) is 10.2.